The van der Waals surface area contributed by atoms with Crippen molar-refractivity contribution in [3.05, 3.63) is 41.0 Å². The summed E-state index contributed by atoms with van der Waals surface area (Å²) in [6.07, 6.45) is 8.63. The average Bonchev–Trinajstić information content (AvgIpc) is 3.39. The van der Waals surface area contributed by atoms with Crippen LogP contribution in [0.15, 0.2) is 18.2 Å². The Bertz CT molecular complexity index is 1030. The lowest BCUT2D eigenvalue weighted by molar-refractivity contribution is 0.0545. The highest BCUT2D eigenvalue weighted by Gasteiger charge is 2.41. The number of hydrogen-bond acceptors (Lipinski definition) is 5. The third-order valence-electron chi connectivity index (χ3n) is 8.50. The van der Waals surface area contributed by atoms with Gasteiger partial charge in [-0.3, -0.25) is 0 Å². The van der Waals surface area contributed by atoms with Gasteiger partial charge in [0.1, 0.15) is 11.6 Å². The van der Waals surface area contributed by atoms with E-state index in [0.717, 1.165) is 79.7 Å². The lowest BCUT2D eigenvalue weighted by Gasteiger charge is -2.28. The molecule has 2 aliphatic heterocycles. The van der Waals surface area contributed by atoms with Gasteiger partial charge in [0.2, 0.25) is 0 Å². The first-order valence-electron chi connectivity index (χ1n) is 13.0. The van der Waals surface area contributed by atoms with E-state index in [0.29, 0.717) is 11.7 Å². The molecule has 1 saturated carbocycles. The van der Waals surface area contributed by atoms with Gasteiger partial charge in [-0.1, -0.05) is 0 Å². The van der Waals surface area contributed by atoms with Crippen LogP contribution in [0.2, 0.25) is 0 Å². The van der Waals surface area contributed by atoms with Crippen LogP contribution in [-0.4, -0.2) is 54.0 Å². The highest BCUT2D eigenvalue weighted by molar-refractivity contribution is 5.68. The summed E-state index contributed by atoms with van der Waals surface area (Å²) < 4.78 is 33.9. The third kappa shape index (κ3) is 4.44. The highest BCUT2D eigenvalue weighted by Crippen LogP contribution is 2.41. The predicted octanol–water partition coefficient (Wildman–Crippen LogP) is 4.85. The van der Waals surface area contributed by atoms with Gasteiger partial charge in [-0.2, -0.15) is 0 Å². The van der Waals surface area contributed by atoms with Crippen LogP contribution in [0.4, 0.5) is 14.6 Å². The first kappa shape index (κ1) is 22.4. The molecule has 6 rings (SSSR count). The van der Waals surface area contributed by atoms with Crippen LogP contribution in [0.3, 0.4) is 0 Å². The second-order valence-electron chi connectivity index (χ2n) is 10.8. The van der Waals surface area contributed by atoms with Gasteiger partial charge >= 0.3 is 0 Å². The number of nitrogens with zero attached hydrogens (tertiary/aromatic N) is 3. The number of fused-ring (bicyclic) bond motifs is 2. The molecule has 1 aromatic carbocycles. The van der Waals surface area contributed by atoms with Gasteiger partial charge in [-0.05, 0) is 92.9 Å². The summed E-state index contributed by atoms with van der Waals surface area (Å²) in [7, 11) is 0. The van der Waals surface area contributed by atoms with Crippen LogP contribution in [-0.2, 0) is 17.6 Å². The lowest BCUT2D eigenvalue weighted by atomic mass is 9.89. The summed E-state index contributed by atoms with van der Waals surface area (Å²) in [6, 6.07) is 3.98. The molecule has 182 valence electrons. The van der Waals surface area contributed by atoms with E-state index in [1.807, 2.05) is 0 Å². The van der Waals surface area contributed by atoms with Crippen molar-refractivity contribution in [3.63, 3.8) is 0 Å². The standard InChI is InChI=1S/C27H34F2N4O/c28-20-5-6-25(29)24(13-20)26-22-3-1-2-4-23(22)27(32-31-26)30-21-11-18-15-33(16-19(18)12-21)14-17-7-9-34-10-8-17/h5-6,13,17-19,21H,1-4,7-12,14-16H2,(H,30,32)/t18-,19+,21?. The molecule has 0 bridgehead atoms. The van der Waals surface area contributed by atoms with Crippen molar-refractivity contribution in [3.8, 4) is 11.3 Å². The van der Waals surface area contributed by atoms with Crippen molar-refractivity contribution in [2.45, 2.75) is 57.4 Å². The van der Waals surface area contributed by atoms with Gasteiger partial charge < -0.3 is 15.0 Å². The van der Waals surface area contributed by atoms with Gasteiger partial charge in [0.15, 0.2) is 5.82 Å². The number of aromatic nitrogens is 2. The Morgan fingerprint density at radius 2 is 1.71 bits per heavy atom. The molecule has 1 unspecified atom stereocenters. The zero-order valence-electron chi connectivity index (χ0n) is 19.7. The Morgan fingerprint density at radius 3 is 2.47 bits per heavy atom. The highest BCUT2D eigenvalue weighted by atomic mass is 19.1. The van der Waals surface area contributed by atoms with Gasteiger partial charge in [0, 0.05) is 50.0 Å². The first-order valence-corrected chi connectivity index (χ1v) is 13.0. The quantitative estimate of drug-likeness (QED) is 0.680. The molecular weight excluding hydrogens is 434 g/mol. The van der Waals surface area contributed by atoms with Crippen molar-refractivity contribution < 1.29 is 13.5 Å². The molecule has 7 heteroatoms. The lowest BCUT2D eigenvalue weighted by Crippen LogP contribution is -2.32. The Balaban J connectivity index is 1.14. The second kappa shape index (κ2) is 9.50. The minimum atomic E-state index is -0.451. The normalized spacial score (nSPS) is 27.5. The zero-order valence-corrected chi connectivity index (χ0v) is 19.7. The molecule has 3 atom stereocenters. The fraction of sp³-hybridized carbons (Fsp3) is 0.630. The fourth-order valence-electron chi connectivity index (χ4n) is 6.81. The van der Waals surface area contributed by atoms with Gasteiger partial charge in [0.25, 0.3) is 0 Å². The molecule has 2 aliphatic carbocycles. The monoisotopic (exact) mass is 468 g/mol. The number of nitrogens with one attached hydrogen (secondary N) is 1. The van der Waals surface area contributed by atoms with Crippen molar-refractivity contribution in [1.29, 1.82) is 0 Å². The van der Waals surface area contributed by atoms with Crippen LogP contribution in [0.1, 0.15) is 49.7 Å². The van der Waals surface area contributed by atoms with Crippen LogP contribution in [0.25, 0.3) is 11.3 Å². The summed E-state index contributed by atoms with van der Waals surface area (Å²) >= 11 is 0. The minimum absolute atomic E-state index is 0.220. The maximum atomic E-state index is 14.5. The Labute approximate surface area is 200 Å². The molecule has 2 saturated heterocycles. The SMILES string of the molecule is Fc1ccc(F)c(-c2nnc(NC3C[C@@H]4CN(CC5CCOCC5)C[C@@H]4C3)c3c2CCCC3)c1. The summed E-state index contributed by atoms with van der Waals surface area (Å²) in [6.45, 7) is 5.50. The van der Waals surface area contributed by atoms with Gasteiger partial charge in [-0.15, -0.1) is 10.2 Å². The Hall–Kier alpha value is -2.12. The summed E-state index contributed by atoms with van der Waals surface area (Å²) in [4.78, 5) is 2.69. The maximum Gasteiger partial charge on any atom is 0.152 e. The zero-order chi connectivity index (χ0) is 23.1. The van der Waals surface area contributed by atoms with E-state index in [9.17, 15) is 8.78 Å². The predicted molar refractivity (Wildman–Crippen MR) is 128 cm³/mol. The number of ether oxygens (including phenoxy) is 1. The molecular formula is C27H34F2N4O. The number of halogens is 2. The molecule has 0 amide bonds. The average molecular weight is 469 g/mol. The first-order chi connectivity index (χ1) is 16.6. The van der Waals surface area contributed by atoms with Crippen LogP contribution >= 0.6 is 0 Å². The molecule has 3 fully saturated rings. The molecule has 1 N–H and O–H groups in total. The Kier molecular flexibility index (Phi) is 6.24. The van der Waals surface area contributed by atoms with Crippen LogP contribution in [0, 0.1) is 29.4 Å². The fourth-order valence-corrected chi connectivity index (χ4v) is 6.81. The van der Waals surface area contributed by atoms with Crippen molar-refractivity contribution in [2.75, 3.05) is 38.2 Å². The topological polar surface area (TPSA) is 50.3 Å². The van der Waals surface area contributed by atoms with Gasteiger partial charge in [0.05, 0.1) is 5.69 Å². The maximum absolute atomic E-state index is 14.5. The second-order valence-corrected chi connectivity index (χ2v) is 10.8. The molecule has 1 aromatic heterocycles. The van der Waals surface area contributed by atoms with E-state index >= 15 is 0 Å². The van der Waals surface area contributed by atoms with E-state index < -0.39 is 11.6 Å². The number of benzene rings is 1. The molecule has 4 aliphatic rings. The van der Waals surface area contributed by atoms with E-state index in [1.54, 1.807) is 0 Å². The smallest absolute Gasteiger partial charge is 0.152 e. The molecule has 34 heavy (non-hydrogen) atoms. The number of rotatable bonds is 5. The molecule has 2 aromatic rings. The van der Waals surface area contributed by atoms with Crippen LogP contribution < -0.4 is 5.32 Å². The van der Waals surface area contributed by atoms with Gasteiger partial charge in [-0.25, -0.2) is 8.78 Å². The van der Waals surface area contributed by atoms with Crippen molar-refractivity contribution >= 4 is 5.82 Å². The number of hydrogen-bond donors (Lipinski definition) is 1. The van der Waals surface area contributed by atoms with Crippen molar-refractivity contribution in [2.24, 2.45) is 17.8 Å². The summed E-state index contributed by atoms with van der Waals surface area (Å²) in [5.41, 5.74) is 2.91. The molecule has 3 heterocycles. The Morgan fingerprint density at radius 1 is 0.971 bits per heavy atom. The minimum Gasteiger partial charge on any atom is -0.381 e. The molecule has 0 spiro atoms. The molecule has 0 radical (unpaired) electrons. The van der Waals surface area contributed by atoms with E-state index in [1.165, 1.54) is 57.5 Å². The van der Waals surface area contributed by atoms with E-state index in [-0.39, 0.29) is 5.56 Å². The van der Waals surface area contributed by atoms with E-state index in [4.69, 9.17) is 4.74 Å². The summed E-state index contributed by atoms with van der Waals surface area (Å²) in [5.74, 6) is 2.26. The third-order valence-corrected chi connectivity index (χ3v) is 8.50. The van der Waals surface area contributed by atoms with Crippen LogP contribution in [0.5, 0.6) is 0 Å². The van der Waals surface area contributed by atoms with Crippen molar-refractivity contribution in [1.82, 2.24) is 15.1 Å². The summed E-state index contributed by atoms with van der Waals surface area (Å²) in [5, 5.41) is 12.7. The largest absolute Gasteiger partial charge is 0.381 e. The molecule has 5 nitrogen and oxygen atoms in total. The number of likely N-dealkylation sites (tertiary alicyclic amines) is 1. The number of anilines is 1. The van der Waals surface area contributed by atoms with E-state index in [2.05, 4.69) is 20.4 Å².